The van der Waals surface area contributed by atoms with Crippen molar-refractivity contribution in [2.45, 2.75) is 18.9 Å². The molecule has 186 valence electrons. The number of non-ortho nitro benzene ring substituents is 1. The molecule has 0 saturated heterocycles. The van der Waals surface area contributed by atoms with E-state index in [2.05, 4.69) is 18.1 Å². The summed E-state index contributed by atoms with van der Waals surface area (Å²) in [6.07, 6.45) is 8.61. The predicted molar refractivity (Wildman–Crippen MR) is 147 cm³/mol. The molecule has 38 heavy (non-hydrogen) atoms. The van der Waals surface area contributed by atoms with Gasteiger partial charge in [0, 0.05) is 17.7 Å². The molecule has 0 N–H and O–H groups in total. The molecule has 3 aromatic carbocycles. The monoisotopic (exact) mass is 519 g/mol. The van der Waals surface area contributed by atoms with Crippen molar-refractivity contribution in [3.63, 3.8) is 0 Å². The Kier molecular flexibility index (Phi) is 5.98. The van der Waals surface area contributed by atoms with Gasteiger partial charge in [0.1, 0.15) is 12.4 Å². The summed E-state index contributed by atoms with van der Waals surface area (Å²) in [5, 5.41) is 11.6. The van der Waals surface area contributed by atoms with Gasteiger partial charge in [0.2, 0.25) is 0 Å². The summed E-state index contributed by atoms with van der Waals surface area (Å²) in [5.74, 6) is 3.09. The van der Waals surface area contributed by atoms with Gasteiger partial charge >= 0.3 is 0 Å². The second-order valence-electron chi connectivity index (χ2n) is 9.03. The molecule has 0 spiro atoms. The number of hydrogen-bond acceptors (Lipinski definition) is 6. The van der Waals surface area contributed by atoms with Crippen LogP contribution in [0.2, 0.25) is 0 Å². The van der Waals surface area contributed by atoms with Crippen LogP contribution in [0.1, 0.15) is 34.7 Å². The number of fused-ring (bicyclic) bond motifs is 3. The number of benzene rings is 3. The quantitative estimate of drug-likeness (QED) is 0.224. The van der Waals surface area contributed by atoms with Crippen LogP contribution in [0.15, 0.2) is 88.2 Å². The van der Waals surface area contributed by atoms with Crippen molar-refractivity contribution in [2.75, 3.05) is 6.61 Å². The van der Waals surface area contributed by atoms with E-state index >= 15 is 0 Å². The number of aromatic nitrogens is 1. The average Bonchev–Trinajstić information content (AvgIpc) is 3.25. The highest BCUT2D eigenvalue weighted by Gasteiger charge is 2.33. The van der Waals surface area contributed by atoms with E-state index in [1.807, 2.05) is 48.5 Å². The number of hydrogen-bond donors (Lipinski definition) is 0. The minimum atomic E-state index is -0.476. The number of terminal acetylenes is 1. The zero-order valence-electron chi connectivity index (χ0n) is 20.2. The highest BCUT2D eigenvalue weighted by molar-refractivity contribution is 7.07. The van der Waals surface area contributed by atoms with Gasteiger partial charge in [-0.1, -0.05) is 65.8 Å². The van der Waals surface area contributed by atoms with Crippen molar-refractivity contribution < 1.29 is 9.66 Å². The van der Waals surface area contributed by atoms with Gasteiger partial charge in [-0.2, -0.15) is 0 Å². The molecule has 0 bridgehead atoms. The van der Waals surface area contributed by atoms with Crippen molar-refractivity contribution >= 4 is 28.8 Å². The Bertz CT molecular complexity index is 1840. The molecular formula is C30H21N3O4S. The first kappa shape index (κ1) is 23.6. The first-order valence-corrected chi connectivity index (χ1v) is 12.9. The second kappa shape index (κ2) is 9.61. The lowest BCUT2D eigenvalue weighted by atomic mass is 9.83. The predicted octanol–water partition coefficient (Wildman–Crippen LogP) is 4.24. The third-order valence-corrected chi connectivity index (χ3v) is 7.75. The SMILES string of the molecule is C#CCOc1ccc(/C=c2/sc3n(c2=O)[C@H](c2cccc([N+](=O)[O-])c2)C2=C(N=3)c3ccccc3CC2)cc1. The molecule has 0 saturated carbocycles. The van der Waals surface area contributed by atoms with Gasteiger partial charge in [-0.05, 0) is 53.3 Å². The van der Waals surface area contributed by atoms with Crippen molar-refractivity contribution in [3.05, 3.63) is 130 Å². The smallest absolute Gasteiger partial charge is 0.271 e. The van der Waals surface area contributed by atoms with E-state index in [-0.39, 0.29) is 17.9 Å². The van der Waals surface area contributed by atoms with Gasteiger partial charge in [-0.3, -0.25) is 19.5 Å². The molecule has 1 aliphatic carbocycles. The molecule has 0 fully saturated rings. The molecule has 0 radical (unpaired) electrons. The van der Waals surface area contributed by atoms with Crippen LogP contribution in [0, 0.1) is 22.5 Å². The van der Waals surface area contributed by atoms with Gasteiger partial charge in [0.25, 0.3) is 11.2 Å². The van der Waals surface area contributed by atoms with E-state index in [1.165, 1.54) is 23.0 Å². The van der Waals surface area contributed by atoms with E-state index < -0.39 is 11.0 Å². The number of thiazole rings is 1. The molecule has 7 nitrogen and oxygen atoms in total. The third-order valence-electron chi connectivity index (χ3n) is 6.77. The molecule has 1 aliphatic heterocycles. The van der Waals surface area contributed by atoms with Crippen LogP contribution >= 0.6 is 11.3 Å². The summed E-state index contributed by atoms with van der Waals surface area (Å²) in [7, 11) is 0. The fraction of sp³-hybridized carbons (Fsp3) is 0.133. The van der Waals surface area contributed by atoms with Crippen molar-refractivity contribution in [1.29, 1.82) is 0 Å². The van der Waals surface area contributed by atoms with E-state index in [4.69, 9.17) is 16.2 Å². The van der Waals surface area contributed by atoms with Gasteiger partial charge in [0.05, 0.1) is 21.2 Å². The highest BCUT2D eigenvalue weighted by atomic mass is 32.1. The maximum absolute atomic E-state index is 13.8. The van der Waals surface area contributed by atoms with Crippen molar-refractivity contribution in [3.8, 4) is 18.1 Å². The maximum atomic E-state index is 13.8. The van der Waals surface area contributed by atoms with Gasteiger partial charge in [-0.15, -0.1) is 6.42 Å². The van der Waals surface area contributed by atoms with Crippen LogP contribution in [-0.2, 0) is 6.42 Å². The lowest BCUT2D eigenvalue weighted by Crippen LogP contribution is -2.38. The first-order valence-electron chi connectivity index (χ1n) is 12.1. The zero-order valence-corrected chi connectivity index (χ0v) is 21.0. The molecule has 0 amide bonds. The topological polar surface area (TPSA) is 86.7 Å². The van der Waals surface area contributed by atoms with Crippen LogP contribution in [0.5, 0.6) is 5.75 Å². The molecular weight excluding hydrogens is 498 g/mol. The van der Waals surface area contributed by atoms with Crippen molar-refractivity contribution in [2.24, 2.45) is 4.99 Å². The van der Waals surface area contributed by atoms with Gasteiger partial charge in [-0.25, -0.2) is 4.99 Å². The van der Waals surface area contributed by atoms with Crippen LogP contribution in [0.3, 0.4) is 0 Å². The Morgan fingerprint density at radius 3 is 2.74 bits per heavy atom. The molecule has 0 unspecified atom stereocenters. The number of nitro groups is 1. The van der Waals surface area contributed by atoms with Crippen molar-refractivity contribution in [1.82, 2.24) is 4.57 Å². The van der Waals surface area contributed by atoms with Gasteiger partial charge in [0.15, 0.2) is 4.80 Å². The molecule has 4 aromatic rings. The summed E-state index contributed by atoms with van der Waals surface area (Å²) in [6.45, 7) is 0.184. The fourth-order valence-corrected chi connectivity index (χ4v) is 6.07. The van der Waals surface area contributed by atoms with E-state index in [1.54, 1.807) is 16.7 Å². The van der Waals surface area contributed by atoms with E-state index in [9.17, 15) is 14.9 Å². The Morgan fingerprint density at radius 2 is 1.95 bits per heavy atom. The minimum Gasteiger partial charge on any atom is -0.481 e. The number of nitro benzene ring substituents is 1. The third kappa shape index (κ3) is 4.13. The standard InChI is InChI=1S/C30H21N3O4S/c1-2-16-37-23-13-10-19(11-14-23)17-26-29(34)32-28(21-7-5-8-22(18-21)33(35)36)25-15-12-20-6-3-4-9-24(20)27(25)31-30(32)38-26/h1,3-11,13-14,17-18,28H,12,15-16H2/b26-17+/t28-/m1/s1. The number of rotatable bonds is 5. The van der Waals surface area contributed by atoms with Crippen LogP contribution in [0.4, 0.5) is 5.69 Å². The Hall–Kier alpha value is -4.74. The van der Waals surface area contributed by atoms with Crippen LogP contribution in [0.25, 0.3) is 11.8 Å². The number of allylic oxidation sites excluding steroid dienone is 1. The maximum Gasteiger partial charge on any atom is 0.271 e. The normalized spacial score (nSPS) is 16.1. The lowest BCUT2D eigenvalue weighted by Gasteiger charge is -2.30. The summed E-state index contributed by atoms with van der Waals surface area (Å²) in [4.78, 5) is 30.5. The Morgan fingerprint density at radius 1 is 1.13 bits per heavy atom. The fourth-order valence-electron chi connectivity index (χ4n) is 5.07. The van der Waals surface area contributed by atoms with E-state index in [0.717, 1.165) is 28.8 Å². The minimum absolute atomic E-state index is 0.00729. The molecule has 8 heteroatoms. The molecule has 1 atom stereocenters. The zero-order chi connectivity index (χ0) is 26.2. The summed E-state index contributed by atoms with van der Waals surface area (Å²) < 4.78 is 7.66. The highest BCUT2D eigenvalue weighted by Crippen LogP contribution is 2.41. The first-order chi connectivity index (χ1) is 18.5. The molecule has 6 rings (SSSR count). The van der Waals surface area contributed by atoms with Crippen LogP contribution < -0.4 is 19.6 Å². The van der Waals surface area contributed by atoms with E-state index in [0.29, 0.717) is 27.1 Å². The number of nitrogens with zero attached hydrogens (tertiary/aromatic N) is 3. The number of aryl methyl sites for hydroxylation is 1. The summed E-state index contributed by atoms with van der Waals surface area (Å²) >= 11 is 1.32. The average molecular weight is 520 g/mol. The molecule has 2 aliphatic rings. The largest absolute Gasteiger partial charge is 0.481 e. The lowest BCUT2D eigenvalue weighted by molar-refractivity contribution is -0.384. The second-order valence-corrected chi connectivity index (χ2v) is 10.0. The Labute approximate surface area is 221 Å². The summed E-state index contributed by atoms with van der Waals surface area (Å²) in [6, 6.07) is 21.6. The molecule has 2 heterocycles. The number of ether oxygens (including phenoxy) is 1. The van der Waals surface area contributed by atoms with Crippen LogP contribution in [-0.4, -0.2) is 16.1 Å². The summed E-state index contributed by atoms with van der Waals surface area (Å²) in [5.41, 5.74) is 5.45. The molecule has 1 aromatic heterocycles. The Balaban J connectivity index is 1.54. The van der Waals surface area contributed by atoms with Gasteiger partial charge < -0.3 is 4.74 Å².